The first-order valence-electron chi connectivity index (χ1n) is 9.27. The molecule has 2 nitrogen and oxygen atoms in total. The van der Waals surface area contributed by atoms with E-state index in [4.69, 9.17) is 11.6 Å². The second kappa shape index (κ2) is 7.43. The summed E-state index contributed by atoms with van der Waals surface area (Å²) in [7, 11) is 0. The van der Waals surface area contributed by atoms with E-state index in [-0.39, 0.29) is 5.91 Å². The maximum atomic E-state index is 13.6. The molecular weight excluding hydrogens is 398 g/mol. The van der Waals surface area contributed by atoms with Crippen molar-refractivity contribution in [1.82, 2.24) is 0 Å². The van der Waals surface area contributed by atoms with Gasteiger partial charge in [0.25, 0.3) is 5.91 Å². The van der Waals surface area contributed by atoms with Crippen molar-refractivity contribution >= 4 is 40.6 Å². The number of anilines is 2. The molecular formula is C25H16ClNOS. The Bertz CT molecular complexity index is 1210. The van der Waals surface area contributed by atoms with Gasteiger partial charge in [0.1, 0.15) is 0 Å². The van der Waals surface area contributed by atoms with Crippen molar-refractivity contribution in [3.8, 4) is 11.1 Å². The molecule has 0 aliphatic carbocycles. The highest BCUT2D eigenvalue weighted by Gasteiger charge is 2.29. The van der Waals surface area contributed by atoms with Crippen LogP contribution in [-0.2, 0) is 0 Å². The van der Waals surface area contributed by atoms with Gasteiger partial charge in [-0.3, -0.25) is 9.69 Å². The van der Waals surface area contributed by atoms with Crippen LogP contribution < -0.4 is 4.90 Å². The van der Waals surface area contributed by atoms with E-state index in [9.17, 15) is 4.79 Å². The molecule has 0 atom stereocenters. The van der Waals surface area contributed by atoms with Crippen LogP contribution in [-0.4, -0.2) is 5.91 Å². The number of hydrogen-bond acceptors (Lipinski definition) is 2. The van der Waals surface area contributed by atoms with Crippen molar-refractivity contribution in [3.63, 3.8) is 0 Å². The van der Waals surface area contributed by atoms with Gasteiger partial charge in [0.05, 0.1) is 11.4 Å². The van der Waals surface area contributed by atoms with E-state index in [1.165, 1.54) is 0 Å². The normalized spacial score (nSPS) is 12.2. The first kappa shape index (κ1) is 18.0. The Morgan fingerprint density at radius 1 is 0.690 bits per heavy atom. The van der Waals surface area contributed by atoms with E-state index in [2.05, 4.69) is 12.1 Å². The first-order chi connectivity index (χ1) is 14.2. The van der Waals surface area contributed by atoms with Gasteiger partial charge in [0, 0.05) is 20.4 Å². The zero-order valence-corrected chi connectivity index (χ0v) is 17.0. The number of carbonyl (C=O) groups excluding carboxylic acids is 1. The molecule has 0 radical (unpaired) electrons. The number of halogens is 1. The van der Waals surface area contributed by atoms with Gasteiger partial charge in [0.15, 0.2) is 0 Å². The van der Waals surface area contributed by atoms with Gasteiger partial charge in [-0.15, -0.1) is 0 Å². The second-order valence-corrected chi connectivity index (χ2v) is 8.29. The number of hydrogen-bond donors (Lipinski definition) is 0. The summed E-state index contributed by atoms with van der Waals surface area (Å²) in [5.74, 6) is -0.0686. The summed E-state index contributed by atoms with van der Waals surface area (Å²) in [6.07, 6.45) is 0. The van der Waals surface area contributed by atoms with E-state index in [1.54, 1.807) is 16.7 Å². The molecule has 0 N–H and O–H groups in total. The number of amides is 1. The lowest BCUT2D eigenvalue weighted by atomic mass is 10.0. The standard InChI is InChI=1S/C25H16ClNOS/c26-20-14-15-24-22(16-20)27(21-8-4-5-9-23(21)29-24)25(28)19-12-10-18(11-13-19)17-6-2-1-3-7-17/h1-16H. The minimum atomic E-state index is -0.0686. The zero-order valence-electron chi connectivity index (χ0n) is 15.4. The molecule has 0 aromatic heterocycles. The summed E-state index contributed by atoms with van der Waals surface area (Å²) in [5.41, 5.74) is 4.54. The summed E-state index contributed by atoms with van der Waals surface area (Å²) in [6, 6.07) is 31.5. The molecule has 0 saturated heterocycles. The van der Waals surface area contributed by atoms with Crippen LogP contribution in [0.1, 0.15) is 10.4 Å². The highest BCUT2D eigenvalue weighted by atomic mass is 35.5. The lowest BCUT2D eigenvalue weighted by Crippen LogP contribution is -2.28. The van der Waals surface area contributed by atoms with Gasteiger partial charge in [-0.1, -0.05) is 78.0 Å². The highest BCUT2D eigenvalue weighted by Crippen LogP contribution is 2.49. The maximum Gasteiger partial charge on any atom is 0.262 e. The summed E-state index contributed by atoms with van der Waals surface area (Å²) in [6.45, 7) is 0. The fraction of sp³-hybridized carbons (Fsp3) is 0. The lowest BCUT2D eigenvalue weighted by Gasteiger charge is -2.31. The van der Waals surface area contributed by atoms with Gasteiger partial charge in [0.2, 0.25) is 0 Å². The number of para-hydroxylation sites is 1. The smallest absolute Gasteiger partial charge is 0.262 e. The Balaban J connectivity index is 1.57. The molecule has 4 aromatic carbocycles. The fourth-order valence-electron chi connectivity index (χ4n) is 3.51. The lowest BCUT2D eigenvalue weighted by molar-refractivity contribution is 0.0998. The maximum absolute atomic E-state index is 13.6. The zero-order chi connectivity index (χ0) is 19.8. The minimum Gasteiger partial charge on any atom is -0.275 e. The molecule has 4 heteroatoms. The molecule has 29 heavy (non-hydrogen) atoms. The Kier molecular flexibility index (Phi) is 4.62. The number of carbonyl (C=O) groups is 1. The molecule has 0 unspecified atom stereocenters. The SMILES string of the molecule is O=C(c1ccc(-c2ccccc2)cc1)N1c2ccccc2Sc2ccc(Cl)cc21. The number of nitrogens with zero attached hydrogens (tertiary/aromatic N) is 1. The molecule has 0 spiro atoms. The van der Waals surface area contributed by atoms with Crippen LogP contribution in [0.5, 0.6) is 0 Å². The summed E-state index contributed by atoms with van der Waals surface area (Å²) in [4.78, 5) is 17.4. The molecule has 1 heterocycles. The Morgan fingerprint density at radius 2 is 1.34 bits per heavy atom. The minimum absolute atomic E-state index is 0.0686. The highest BCUT2D eigenvalue weighted by molar-refractivity contribution is 7.99. The van der Waals surface area contributed by atoms with Gasteiger partial charge < -0.3 is 0 Å². The first-order valence-corrected chi connectivity index (χ1v) is 10.5. The van der Waals surface area contributed by atoms with Crippen molar-refractivity contribution in [2.45, 2.75) is 9.79 Å². The quantitative estimate of drug-likeness (QED) is 0.340. The molecule has 1 aliphatic rings. The van der Waals surface area contributed by atoms with Gasteiger partial charge in [-0.05, 0) is 53.6 Å². The summed E-state index contributed by atoms with van der Waals surface area (Å²) >= 11 is 7.92. The largest absolute Gasteiger partial charge is 0.275 e. The number of benzene rings is 4. The van der Waals surface area contributed by atoms with Crippen molar-refractivity contribution in [3.05, 3.63) is 108 Å². The summed E-state index contributed by atoms with van der Waals surface area (Å²) < 4.78 is 0. The third-order valence-electron chi connectivity index (χ3n) is 4.93. The van der Waals surface area contributed by atoms with Crippen LogP contribution in [0.4, 0.5) is 11.4 Å². The third-order valence-corrected chi connectivity index (χ3v) is 6.30. The van der Waals surface area contributed by atoms with Gasteiger partial charge in [-0.2, -0.15) is 0 Å². The monoisotopic (exact) mass is 413 g/mol. The van der Waals surface area contributed by atoms with Crippen LogP contribution in [0.2, 0.25) is 5.02 Å². The van der Waals surface area contributed by atoms with Crippen molar-refractivity contribution < 1.29 is 4.79 Å². The molecule has 140 valence electrons. The fourth-order valence-corrected chi connectivity index (χ4v) is 4.72. The topological polar surface area (TPSA) is 20.3 Å². The molecule has 0 bridgehead atoms. The van der Waals surface area contributed by atoms with Crippen LogP contribution >= 0.6 is 23.4 Å². The summed E-state index contributed by atoms with van der Waals surface area (Å²) in [5, 5.41) is 0.612. The molecule has 1 amide bonds. The Labute approximate surface area is 178 Å². The van der Waals surface area contributed by atoms with Crippen LogP contribution in [0.15, 0.2) is 107 Å². The Morgan fingerprint density at radius 3 is 2.14 bits per heavy atom. The number of fused-ring (bicyclic) bond motifs is 2. The third kappa shape index (κ3) is 3.33. The van der Waals surface area contributed by atoms with Crippen molar-refractivity contribution in [1.29, 1.82) is 0 Å². The van der Waals surface area contributed by atoms with Crippen LogP contribution in [0.25, 0.3) is 11.1 Å². The van der Waals surface area contributed by atoms with E-state index in [1.807, 2.05) is 84.9 Å². The predicted octanol–water partition coefficient (Wildman–Crippen LogP) is 7.45. The predicted molar refractivity (Wildman–Crippen MR) is 120 cm³/mol. The van der Waals surface area contributed by atoms with Crippen molar-refractivity contribution in [2.75, 3.05) is 4.90 Å². The molecule has 4 aromatic rings. The van der Waals surface area contributed by atoms with Crippen LogP contribution in [0, 0.1) is 0 Å². The molecule has 0 saturated carbocycles. The van der Waals surface area contributed by atoms with E-state index in [0.717, 1.165) is 32.3 Å². The average Bonchev–Trinajstić information content (AvgIpc) is 2.78. The average molecular weight is 414 g/mol. The Hall–Kier alpha value is -3.01. The van der Waals surface area contributed by atoms with Gasteiger partial charge >= 0.3 is 0 Å². The van der Waals surface area contributed by atoms with Crippen LogP contribution in [0.3, 0.4) is 0 Å². The van der Waals surface area contributed by atoms with E-state index in [0.29, 0.717) is 10.6 Å². The van der Waals surface area contributed by atoms with E-state index >= 15 is 0 Å². The van der Waals surface area contributed by atoms with E-state index < -0.39 is 0 Å². The molecule has 0 fully saturated rings. The number of rotatable bonds is 2. The second-order valence-electron chi connectivity index (χ2n) is 6.77. The molecule has 5 rings (SSSR count). The van der Waals surface area contributed by atoms with Crippen molar-refractivity contribution in [2.24, 2.45) is 0 Å². The van der Waals surface area contributed by atoms with Gasteiger partial charge in [-0.25, -0.2) is 0 Å². The molecule has 1 aliphatic heterocycles.